The van der Waals surface area contributed by atoms with Crippen LogP contribution in [0.1, 0.15) is 18.4 Å². The number of carbonyl (C=O) groups excluding carboxylic acids is 1. The summed E-state index contributed by atoms with van der Waals surface area (Å²) in [6, 6.07) is 6.66. The van der Waals surface area contributed by atoms with Gasteiger partial charge in [0.1, 0.15) is 5.75 Å². The summed E-state index contributed by atoms with van der Waals surface area (Å²) in [6.07, 6.45) is 2.20. The van der Waals surface area contributed by atoms with Crippen LogP contribution in [0.3, 0.4) is 0 Å². The Bertz CT molecular complexity index is 449. The van der Waals surface area contributed by atoms with Crippen LogP contribution < -0.4 is 15.4 Å². The number of halogens is 2. The largest absolute Gasteiger partial charge is 0.435 e. The summed E-state index contributed by atoms with van der Waals surface area (Å²) in [5.41, 5.74) is 0.463. The molecule has 110 valence electrons. The van der Waals surface area contributed by atoms with E-state index in [1.807, 2.05) is 0 Å². The van der Waals surface area contributed by atoms with Crippen molar-refractivity contribution in [2.75, 3.05) is 13.1 Å². The first-order chi connectivity index (χ1) is 9.65. The zero-order valence-corrected chi connectivity index (χ0v) is 11.1. The lowest BCUT2D eigenvalue weighted by Crippen LogP contribution is -2.37. The lowest BCUT2D eigenvalue weighted by Gasteiger charge is -2.13. The first-order valence-corrected chi connectivity index (χ1v) is 6.68. The Labute approximate surface area is 116 Å². The summed E-state index contributed by atoms with van der Waals surface area (Å²) in [6.45, 7) is -1.34. The molecule has 0 aromatic heterocycles. The summed E-state index contributed by atoms with van der Waals surface area (Å²) < 4.78 is 28.9. The van der Waals surface area contributed by atoms with E-state index in [2.05, 4.69) is 15.4 Å². The fraction of sp³-hybridized carbons (Fsp3) is 0.500. The number of hydrogen-bond acceptors (Lipinski definition) is 3. The topological polar surface area (TPSA) is 50.4 Å². The second kappa shape index (κ2) is 7.19. The molecule has 20 heavy (non-hydrogen) atoms. The minimum Gasteiger partial charge on any atom is -0.435 e. The molecule has 1 atom stereocenters. The maximum Gasteiger partial charge on any atom is 0.387 e. The molecule has 1 heterocycles. The molecule has 1 saturated heterocycles. The maximum atomic E-state index is 12.3. The highest BCUT2D eigenvalue weighted by atomic mass is 19.3. The van der Waals surface area contributed by atoms with E-state index >= 15 is 0 Å². The zero-order chi connectivity index (χ0) is 14.4. The van der Waals surface area contributed by atoms with Crippen molar-refractivity contribution >= 4 is 5.91 Å². The standard InChI is InChI=1S/C14H18F2N2O2/c15-14(16)20-12-6-2-1-4-10(12)8-13(19)18-9-11-5-3-7-17-11/h1-2,4,6,11,14,17H,3,5,7-9H2,(H,18,19). The molecule has 1 fully saturated rings. The predicted octanol–water partition coefficient (Wildman–Crippen LogP) is 1.70. The Balaban J connectivity index is 1.86. The molecule has 0 saturated carbocycles. The van der Waals surface area contributed by atoms with Gasteiger partial charge in [-0.25, -0.2) is 0 Å². The number of amides is 1. The van der Waals surface area contributed by atoms with Gasteiger partial charge in [-0.2, -0.15) is 8.78 Å². The molecule has 1 aliphatic heterocycles. The van der Waals surface area contributed by atoms with Crippen molar-refractivity contribution in [2.45, 2.75) is 31.9 Å². The third kappa shape index (κ3) is 4.45. The van der Waals surface area contributed by atoms with Crippen LogP contribution in [0.25, 0.3) is 0 Å². The molecule has 1 unspecified atom stereocenters. The van der Waals surface area contributed by atoms with Crippen molar-refractivity contribution in [3.8, 4) is 5.75 Å². The Morgan fingerprint density at radius 1 is 1.45 bits per heavy atom. The molecule has 1 amide bonds. The molecular formula is C14H18F2N2O2. The van der Waals surface area contributed by atoms with Gasteiger partial charge in [-0.3, -0.25) is 4.79 Å². The molecule has 1 aromatic rings. The molecular weight excluding hydrogens is 266 g/mol. The lowest BCUT2D eigenvalue weighted by atomic mass is 10.1. The number of hydrogen-bond donors (Lipinski definition) is 2. The van der Waals surface area contributed by atoms with Crippen molar-refractivity contribution < 1.29 is 18.3 Å². The van der Waals surface area contributed by atoms with Gasteiger partial charge in [0.2, 0.25) is 5.91 Å². The van der Waals surface area contributed by atoms with Crippen LogP contribution in [0.2, 0.25) is 0 Å². The minimum atomic E-state index is -2.89. The summed E-state index contributed by atoms with van der Waals surface area (Å²) in [5, 5.41) is 6.08. The average molecular weight is 284 g/mol. The van der Waals surface area contributed by atoms with Gasteiger partial charge in [0.15, 0.2) is 0 Å². The molecule has 0 radical (unpaired) electrons. The van der Waals surface area contributed by atoms with Crippen LogP contribution in [-0.2, 0) is 11.2 Å². The SMILES string of the molecule is O=C(Cc1ccccc1OC(F)F)NCC1CCCN1. The van der Waals surface area contributed by atoms with Gasteiger partial charge in [0.05, 0.1) is 6.42 Å². The van der Waals surface area contributed by atoms with E-state index in [-0.39, 0.29) is 18.1 Å². The fourth-order valence-corrected chi connectivity index (χ4v) is 2.26. The smallest absolute Gasteiger partial charge is 0.387 e. The first-order valence-electron chi connectivity index (χ1n) is 6.68. The highest BCUT2D eigenvalue weighted by Crippen LogP contribution is 2.20. The number of para-hydroxylation sites is 1. The van der Waals surface area contributed by atoms with E-state index in [1.54, 1.807) is 18.2 Å². The van der Waals surface area contributed by atoms with Crippen molar-refractivity contribution in [2.24, 2.45) is 0 Å². The van der Waals surface area contributed by atoms with E-state index in [9.17, 15) is 13.6 Å². The second-order valence-electron chi connectivity index (χ2n) is 4.76. The number of ether oxygens (including phenoxy) is 1. The predicted molar refractivity (Wildman–Crippen MR) is 70.8 cm³/mol. The van der Waals surface area contributed by atoms with Crippen molar-refractivity contribution in [1.82, 2.24) is 10.6 Å². The Morgan fingerprint density at radius 3 is 2.95 bits per heavy atom. The number of benzene rings is 1. The molecule has 0 bridgehead atoms. The molecule has 0 aliphatic carbocycles. The Kier molecular flexibility index (Phi) is 5.29. The van der Waals surface area contributed by atoms with Crippen LogP contribution >= 0.6 is 0 Å². The summed E-state index contributed by atoms with van der Waals surface area (Å²) in [4.78, 5) is 11.8. The van der Waals surface area contributed by atoms with Gasteiger partial charge in [-0.05, 0) is 25.5 Å². The molecule has 2 N–H and O–H groups in total. The lowest BCUT2D eigenvalue weighted by molar-refractivity contribution is -0.120. The van der Waals surface area contributed by atoms with Crippen LogP contribution in [0.4, 0.5) is 8.78 Å². The van der Waals surface area contributed by atoms with E-state index < -0.39 is 6.61 Å². The van der Waals surface area contributed by atoms with Gasteiger partial charge in [0.25, 0.3) is 0 Å². The maximum absolute atomic E-state index is 12.3. The normalized spacial score (nSPS) is 18.2. The number of nitrogens with one attached hydrogen (secondary N) is 2. The van der Waals surface area contributed by atoms with Crippen molar-refractivity contribution in [3.05, 3.63) is 29.8 Å². The summed E-state index contributed by atoms with van der Waals surface area (Å²) in [5.74, 6) is -0.138. The first kappa shape index (κ1) is 14.7. The van der Waals surface area contributed by atoms with Crippen LogP contribution in [-0.4, -0.2) is 31.7 Å². The molecule has 0 spiro atoms. The van der Waals surface area contributed by atoms with Crippen molar-refractivity contribution in [1.29, 1.82) is 0 Å². The zero-order valence-electron chi connectivity index (χ0n) is 11.1. The summed E-state index contributed by atoms with van der Waals surface area (Å²) in [7, 11) is 0. The highest BCUT2D eigenvalue weighted by Gasteiger charge is 2.16. The highest BCUT2D eigenvalue weighted by molar-refractivity contribution is 5.79. The molecule has 4 nitrogen and oxygen atoms in total. The van der Waals surface area contributed by atoms with Gasteiger partial charge in [0, 0.05) is 18.2 Å². The average Bonchev–Trinajstić information content (AvgIpc) is 2.91. The van der Waals surface area contributed by atoms with E-state index in [0.717, 1.165) is 19.4 Å². The van der Waals surface area contributed by atoms with Crippen molar-refractivity contribution in [3.63, 3.8) is 0 Å². The van der Waals surface area contributed by atoms with Crippen LogP contribution in [0.15, 0.2) is 24.3 Å². The quantitative estimate of drug-likeness (QED) is 0.836. The Morgan fingerprint density at radius 2 is 2.25 bits per heavy atom. The molecule has 6 heteroatoms. The number of rotatable bonds is 6. The van der Waals surface area contributed by atoms with Gasteiger partial charge in [-0.15, -0.1) is 0 Å². The van der Waals surface area contributed by atoms with E-state index in [0.29, 0.717) is 18.2 Å². The monoisotopic (exact) mass is 284 g/mol. The van der Waals surface area contributed by atoms with Gasteiger partial charge < -0.3 is 15.4 Å². The van der Waals surface area contributed by atoms with Crippen LogP contribution in [0, 0.1) is 0 Å². The third-order valence-electron chi connectivity index (χ3n) is 3.25. The Hall–Kier alpha value is -1.69. The minimum absolute atomic E-state index is 0.0373. The van der Waals surface area contributed by atoms with Gasteiger partial charge >= 0.3 is 6.61 Å². The molecule has 1 aliphatic rings. The molecule has 1 aromatic carbocycles. The fourth-order valence-electron chi connectivity index (χ4n) is 2.26. The third-order valence-corrected chi connectivity index (χ3v) is 3.25. The number of alkyl halides is 2. The van der Waals surface area contributed by atoms with E-state index in [1.165, 1.54) is 6.07 Å². The van der Waals surface area contributed by atoms with E-state index in [4.69, 9.17) is 0 Å². The van der Waals surface area contributed by atoms with Crippen LogP contribution in [0.5, 0.6) is 5.75 Å². The summed E-state index contributed by atoms with van der Waals surface area (Å²) >= 11 is 0. The second-order valence-corrected chi connectivity index (χ2v) is 4.76. The van der Waals surface area contributed by atoms with Gasteiger partial charge in [-0.1, -0.05) is 18.2 Å². The molecule has 2 rings (SSSR count). The number of carbonyl (C=O) groups is 1.